The van der Waals surface area contributed by atoms with Crippen molar-refractivity contribution < 1.29 is 4.79 Å². The zero-order valence-corrected chi connectivity index (χ0v) is 18.1. The van der Waals surface area contributed by atoms with Crippen LogP contribution in [-0.4, -0.2) is 46.5 Å². The van der Waals surface area contributed by atoms with Gasteiger partial charge in [0.2, 0.25) is 5.91 Å². The zero-order valence-electron chi connectivity index (χ0n) is 16.5. The Morgan fingerprint density at radius 2 is 1.73 bits per heavy atom. The third-order valence-electron chi connectivity index (χ3n) is 5.47. The quantitative estimate of drug-likeness (QED) is 0.621. The summed E-state index contributed by atoms with van der Waals surface area (Å²) >= 11 is 3.35. The van der Waals surface area contributed by atoms with Crippen LogP contribution >= 0.6 is 15.9 Å². The molecule has 1 N–H and O–H groups in total. The van der Waals surface area contributed by atoms with E-state index in [1.54, 1.807) is 18.2 Å². The molecule has 156 valence electrons. The van der Waals surface area contributed by atoms with Gasteiger partial charge in [0, 0.05) is 49.3 Å². The van der Waals surface area contributed by atoms with Gasteiger partial charge in [-0.1, -0.05) is 34.1 Å². The van der Waals surface area contributed by atoms with Crippen molar-refractivity contribution in [1.82, 2.24) is 14.5 Å². The van der Waals surface area contributed by atoms with E-state index in [0.29, 0.717) is 36.8 Å². The summed E-state index contributed by atoms with van der Waals surface area (Å²) in [5.41, 5.74) is 0.903. The average molecular weight is 471 g/mol. The summed E-state index contributed by atoms with van der Waals surface area (Å²) < 4.78 is 1.95. The Balaban J connectivity index is 1.34. The number of carbonyl (C=O) groups excluding carboxylic acids is 1. The molecule has 0 unspecified atom stereocenters. The molecule has 1 fully saturated rings. The summed E-state index contributed by atoms with van der Waals surface area (Å²) in [6.45, 7) is 3.17. The summed E-state index contributed by atoms with van der Waals surface area (Å²) in [7, 11) is 0. The highest BCUT2D eigenvalue weighted by Gasteiger charge is 2.21. The first-order valence-electron chi connectivity index (χ1n) is 10.0. The molecule has 0 bridgehead atoms. The minimum absolute atomic E-state index is 0.0655. The average Bonchev–Trinajstić information content (AvgIpc) is 2.77. The number of hydrogen-bond donors (Lipinski definition) is 1. The van der Waals surface area contributed by atoms with Gasteiger partial charge in [0.05, 0.1) is 10.9 Å². The molecule has 7 nitrogen and oxygen atoms in total. The highest BCUT2D eigenvalue weighted by Crippen LogP contribution is 2.16. The van der Waals surface area contributed by atoms with E-state index in [9.17, 15) is 14.4 Å². The van der Waals surface area contributed by atoms with Crippen LogP contribution in [0.2, 0.25) is 0 Å². The van der Waals surface area contributed by atoms with Crippen molar-refractivity contribution in [3.8, 4) is 0 Å². The van der Waals surface area contributed by atoms with E-state index in [-0.39, 0.29) is 18.0 Å². The predicted molar refractivity (Wildman–Crippen MR) is 121 cm³/mol. The number of nitrogens with one attached hydrogen (secondary N) is 1. The van der Waals surface area contributed by atoms with Crippen molar-refractivity contribution in [2.75, 3.05) is 31.1 Å². The highest BCUT2D eigenvalue weighted by atomic mass is 79.9. The van der Waals surface area contributed by atoms with Crippen LogP contribution in [0.25, 0.3) is 10.9 Å². The molecule has 30 heavy (non-hydrogen) atoms. The Kier molecular flexibility index (Phi) is 6.03. The maximum Gasteiger partial charge on any atom is 0.328 e. The molecular weight excluding hydrogens is 448 g/mol. The number of rotatable bonds is 5. The fraction of sp³-hybridized carbons (Fsp3) is 0.318. The second-order valence-electron chi connectivity index (χ2n) is 7.38. The molecule has 3 aromatic rings. The number of piperazine rings is 1. The van der Waals surface area contributed by atoms with Crippen LogP contribution in [0.1, 0.15) is 12.8 Å². The molecule has 1 amide bonds. The van der Waals surface area contributed by atoms with Gasteiger partial charge < -0.3 is 14.8 Å². The molecule has 0 saturated carbocycles. The number of para-hydroxylation sites is 1. The lowest BCUT2D eigenvalue weighted by molar-refractivity contribution is -0.131. The van der Waals surface area contributed by atoms with Crippen LogP contribution in [0.15, 0.2) is 62.6 Å². The fourth-order valence-electron chi connectivity index (χ4n) is 3.83. The molecule has 2 aromatic carbocycles. The Hall–Kier alpha value is -2.87. The molecule has 1 aromatic heterocycles. The van der Waals surface area contributed by atoms with Gasteiger partial charge in [0.15, 0.2) is 0 Å². The third-order valence-corrected chi connectivity index (χ3v) is 5.96. The second-order valence-corrected chi connectivity index (χ2v) is 8.30. The maximum atomic E-state index is 12.7. The Bertz CT molecular complexity index is 1160. The van der Waals surface area contributed by atoms with Crippen molar-refractivity contribution in [3.05, 3.63) is 73.8 Å². The lowest BCUT2D eigenvalue weighted by Gasteiger charge is -2.36. The number of halogens is 1. The molecule has 1 aliphatic rings. The van der Waals surface area contributed by atoms with Crippen LogP contribution in [-0.2, 0) is 11.3 Å². The van der Waals surface area contributed by atoms with E-state index < -0.39 is 5.69 Å². The van der Waals surface area contributed by atoms with Crippen LogP contribution in [0.3, 0.4) is 0 Å². The first-order chi connectivity index (χ1) is 14.5. The van der Waals surface area contributed by atoms with E-state index in [1.807, 2.05) is 23.1 Å². The van der Waals surface area contributed by atoms with Crippen LogP contribution < -0.4 is 16.1 Å². The molecule has 0 spiro atoms. The number of aromatic amines is 1. The topological polar surface area (TPSA) is 78.4 Å². The standard InChI is InChI=1S/C22H23BrN4O3/c23-16-8-9-19-18(15-16)21(29)27(22(30)24-19)10-4-7-20(28)26-13-11-25(12-14-26)17-5-2-1-3-6-17/h1-3,5-6,8-9,15H,4,7,10-14H2,(H,24,30). The molecule has 2 heterocycles. The Labute approximate surface area is 182 Å². The maximum absolute atomic E-state index is 12.7. The number of H-pyrrole nitrogens is 1. The van der Waals surface area contributed by atoms with Gasteiger partial charge >= 0.3 is 5.69 Å². The summed E-state index contributed by atoms with van der Waals surface area (Å²) in [6, 6.07) is 15.4. The molecule has 0 radical (unpaired) electrons. The number of anilines is 1. The second kappa shape index (κ2) is 8.87. The molecule has 0 aliphatic carbocycles. The predicted octanol–water partition coefficient (Wildman–Crippen LogP) is 2.58. The van der Waals surface area contributed by atoms with E-state index in [4.69, 9.17) is 0 Å². The lowest BCUT2D eigenvalue weighted by atomic mass is 10.2. The summed E-state index contributed by atoms with van der Waals surface area (Å²) in [5, 5.41) is 0.451. The van der Waals surface area contributed by atoms with Crippen LogP contribution in [0.5, 0.6) is 0 Å². The van der Waals surface area contributed by atoms with E-state index in [2.05, 4.69) is 37.9 Å². The van der Waals surface area contributed by atoms with Gasteiger partial charge in [0.1, 0.15) is 0 Å². The van der Waals surface area contributed by atoms with E-state index >= 15 is 0 Å². The fourth-order valence-corrected chi connectivity index (χ4v) is 4.19. The number of benzene rings is 2. The number of fused-ring (bicyclic) bond motifs is 1. The Morgan fingerprint density at radius 1 is 1.00 bits per heavy atom. The minimum Gasteiger partial charge on any atom is -0.368 e. The van der Waals surface area contributed by atoms with Crippen molar-refractivity contribution in [2.45, 2.75) is 19.4 Å². The number of aromatic nitrogens is 2. The minimum atomic E-state index is -0.446. The van der Waals surface area contributed by atoms with Crippen molar-refractivity contribution in [2.24, 2.45) is 0 Å². The highest BCUT2D eigenvalue weighted by molar-refractivity contribution is 9.10. The number of carbonyl (C=O) groups is 1. The molecular formula is C22H23BrN4O3. The molecule has 1 saturated heterocycles. The van der Waals surface area contributed by atoms with Crippen LogP contribution in [0.4, 0.5) is 5.69 Å². The van der Waals surface area contributed by atoms with Gasteiger partial charge in [-0.05, 0) is 36.8 Å². The van der Waals surface area contributed by atoms with Gasteiger partial charge in [-0.3, -0.25) is 14.2 Å². The summed E-state index contributed by atoms with van der Waals surface area (Å²) in [5.74, 6) is 0.0655. The summed E-state index contributed by atoms with van der Waals surface area (Å²) in [4.78, 5) is 44.4. The number of amides is 1. The van der Waals surface area contributed by atoms with Crippen molar-refractivity contribution in [1.29, 1.82) is 0 Å². The smallest absolute Gasteiger partial charge is 0.328 e. The van der Waals surface area contributed by atoms with Gasteiger partial charge in [-0.15, -0.1) is 0 Å². The number of nitrogens with zero attached hydrogens (tertiary/aromatic N) is 3. The van der Waals surface area contributed by atoms with Gasteiger partial charge in [0.25, 0.3) is 5.56 Å². The normalized spacial score (nSPS) is 14.3. The summed E-state index contributed by atoms with van der Waals surface area (Å²) in [6.07, 6.45) is 0.758. The third kappa shape index (κ3) is 4.33. The van der Waals surface area contributed by atoms with E-state index in [0.717, 1.165) is 17.6 Å². The van der Waals surface area contributed by atoms with Gasteiger partial charge in [-0.2, -0.15) is 0 Å². The monoisotopic (exact) mass is 470 g/mol. The Morgan fingerprint density at radius 3 is 2.47 bits per heavy atom. The lowest BCUT2D eigenvalue weighted by Crippen LogP contribution is -2.48. The first kappa shape index (κ1) is 20.4. The SMILES string of the molecule is O=C(CCCn1c(=O)[nH]c2ccc(Br)cc2c1=O)N1CCN(c2ccccc2)CC1. The van der Waals surface area contributed by atoms with E-state index in [1.165, 1.54) is 10.3 Å². The molecule has 1 aliphatic heterocycles. The van der Waals surface area contributed by atoms with Crippen LogP contribution in [0, 0.1) is 0 Å². The molecule has 8 heteroatoms. The largest absolute Gasteiger partial charge is 0.368 e. The molecule has 0 atom stereocenters. The zero-order chi connectivity index (χ0) is 21.1. The molecule has 4 rings (SSSR count). The number of hydrogen-bond acceptors (Lipinski definition) is 4. The van der Waals surface area contributed by atoms with Crippen molar-refractivity contribution >= 4 is 38.4 Å². The van der Waals surface area contributed by atoms with Gasteiger partial charge in [-0.25, -0.2) is 4.79 Å². The van der Waals surface area contributed by atoms with Crippen molar-refractivity contribution in [3.63, 3.8) is 0 Å². The first-order valence-corrected chi connectivity index (χ1v) is 10.8.